The molecule has 0 saturated carbocycles. The van der Waals surface area contributed by atoms with Crippen molar-refractivity contribution < 1.29 is 4.39 Å². The lowest BCUT2D eigenvalue weighted by molar-refractivity contribution is 0.580. The van der Waals surface area contributed by atoms with Crippen LogP contribution in [0.4, 0.5) is 10.1 Å². The van der Waals surface area contributed by atoms with Gasteiger partial charge in [-0.3, -0.25) is 0 Å². The van der Waals surface area contributed by atoms with E-state index in [2.05, 4.69) is 24.1 Å². The predicted molar refractivity (Wildman–Crippen MR) is 77.9 cm³/mol. The minimum Gasteiger partial charge on any atom is -0.370 e. The monoisotopic (exact) mass is 268 g/mol. The molecule has 1 heterocycles. The molecule has 1 N–H and O–H groups in total. The van der Waals surface area contributed by atoms with Gasteiger partial charge in [-0.15, -0.1) is 0 Å². The average Bonchev–Trinajstić information content (AvgIpc) is 2.37. The summed E-state index contributed by atoms with van der Waals surface area (Å²) in [6.45, 7) is 7.07. The standard InChI is InChI=1S/C14H21FN2S/c1-11(2)16-10-12-9-13(15)3-4-14(12)17-5-7-18-8-6-17/h3-4,9,11,16H,5-8,10H2,1-2H3. The maximum atomic E-state index is 13.4. The fourth-order valence-corrected chi connectivity index (χ4v) is 3.03. The minimum absolute atomic E-state index is 0.148. The summed E-state index contributed by atoms with van der Waals surface area (Å²) in [5.41, 5.74) is 2.25. The Bertz CT molecular complexity index is 389. The van der Waals surface area contributed by atoms with Crippen LogP contribution in [0.1, 0.15) is 19.4 Å². The van der Waals surface area contributed by atoms with Gasteiger partial charge >= 0.3 is 0 Å². The molecule has 0 unspecified atom stereocenters. The molecule has 0 aliphatic carbocycles. The van der Waals surface area contributed by atoms with Crippen LogP contribution in [0.2, 0.25) is 0 Å². The smallest absolute Gasteiger partial charge is 0.123 e. The number of hydrogen-bond donors (Lipinski definition) is 1. The summed E-state index contributed by atoms with van der Waals surface area (Å²) in [4.78, 5) is 2.37. The van der Waals surface area contributed by atoms with Crippen LogP contribution in [0, 0.1) is 5.82 Å². The molecule has 2 rings (SSSR count). The molecular formula is C14H21FN2S. The van der Waals surface area contributed by atoms with E-state index in [0.29, 0.717) is 6.04 Å². The van der Waals surface area contributed by atoms with Crippen molar-refractivity contribution in [2.24, 2.45) is 0 Å². The number of benzene rings is 1. The molecular weight excluding hydrogens is 247 g/mol. The van der Waals surface area contributed by atoms with Crippen LogP contribution in [-0.2, 0) is 6.54 Å². The molecule has 0 bridgehead atoms. The molecule has 1 fully saturated rings. The number of anilines is 1. The van der Waals surface area contributed by atoms with Crippen molar-refractivity contribution in [1.29, 1.82) is 0 Å². The van der Waals surface area contributed by atoms with Crippen molar-refractivity contribution in [2.75, 3.05) is 29.5 Å². The Kier molecular flexibility index (Phi) is 4.89. The van der Waals surface area contributed by atoms with Crippen molar-refractivity contribution in [3.63, 3.8) is 0 Å². The normalized spacial score (nSPS) is 16.3. The largest absolute Gasteiger partial charge is 0.370 e. The molecule has 1 saturated heterocycles. The van der Waals surface area contributed by atoms with Crippen LogP contribution < -0.4 is 10.2 Å². The van der Waals surface area contributed by atoms with E-state index in [0.717, 1.165) is 36.7 Å². The zero-order valence-electron chi connectivity index (χ0n) is 11.1. The number of nitrogens with one attached hydrogen (secondary N) is 1. The van der Waals surface area contributed by atoms with Crippen LogP contribution >= 0.6 is 11.8 Å². The fourth-order valence-electron chi connectivity index (χ4n) is 2.12. The maximum absolute atomic E-state index is 13.4. The first kappa shape index (κ1) is 13.7. The Balaban J connectivity index is 2.16. The van der Waals surface area contributed by atoms with Crippen molar-refractivity contribution in [1.82, 2.24) is 5.32 Å². The molecule has 100 valence electrons. The van der Waals surface area contributed by atoms with E-state index in [-0.39, 0.29) is 5.82 Å². The zero-order chi connectivity index (χ0) is 13.0. The van der Waals surface area contributed by atoms with Gasteiger partial charge in [-0.2, -0.15) is 11.8 Å². The summed E-state index contributed by atoms with van der Waals surface area (Å²) >= 11 is 1.99. The fraction of sp³-hybridized carbons (Fsp3) is 0.571. The molecule has 0 aromatic heterocycles. The van der Waals surface area contributed by atoms with E-state index in [1.165, 1.54) is 5.69 Å². The minimum atomic E-state index is -0.148. The molecule has 18 heavy (non-hydrogen) atoms. The Labute approximate surface area is 113 Å². The van der Waals surface area contributed by atoms with Crippen molar-refractivity contribution >= 4 is 17.4 Å². The first-order valence-electron chi connectivity index (χ1n) is 6.51. The summed E-state index contributed by atoms with van der Waals surface area (Å²) in [7, 11) is 0. The summed E-state index contributed by atoms with van der Waals surface area (Å²) in [5, 5.41) is 3.37. The van der Waals surface area contributed by atoms with Gasteiger partial charge in [0.2, 0.25) is 0 Å². The third kappa shape index (κ3) is 3.62. The van der Waals surface area contributed by atoms with Gasteiger partial charge in [0.15, 0.2) is 0 Å². The van der Waals surface area contributed by atoms with Gasteiger partial charge in [0, 0.05) is 42.9 Å². The van der Waals surface area contributed by atoms with E-state index in [1.807, 2.05) is 17.8 Å². The van der Waals surface area contributed by atoms with Crippen LogP contribution in [0.3, 0.4) is 0 Å². The van der Waals surface area contributed by atoms with Crippen molar-refractivity contribution in [3.05, 3.63) is 29.6 Å². The maximum Gasteiger partial charge on any atom is 0.123 e. The van der Waals surface area contributed by atoms with Crippen LogP contribution in [-0.4, -0.2) is 30.6 Å². The van der Waals surface area contributed by atoms with Gasteiger partial charge in [0.25, 0.3) is 0 Å². The summed E-state index contributed by atoms with van der Waals surface area (Å²) < 4.78 is 13.4. The van der Waals surface area contributed by atoms with Crippen LogP contribution in [0.5, 0.6) is 0 Å². The first-order chi connectivity index (χ1) is 8.66. The molecule has 0 spiro atoms. The van der Waals surface area contributed by atoms with Gasteiger partial charge in [-0.25, -0.2) is 4.39 Å². The third-order valence-corrected chi connectivity index (χ3v) is 4.04. The van der Waals surface area contributed by atoms with Gasteiger partial charge in [-0.05, 0) is 23.8 Å². The molecule has 0 radical (unpaired) electrons. The highest BCUT2D eigenvalue weighted by atomic mass is 32.2. The van der Waals surface area contributed by atoms with E-state index in [1.54, 1.807) is 12.1 Å². The highest BCUT2D eigenvalue weighted by Gasteiger charge is 2.15. The van der Waals surface area contributed by atoms with E-state index in [4.69, 9.17) is 0 Å². The van der Waals surface area contributed by atoms with Crippen LogP contribution in [0.15, 0.2) is 18.2 Å². The number of nitrogens with zero attached hydrogens (tertiary/aromatic N) is 1. The lowest BCUT2D eigenvalue weighted by Gasteiger charge is -2.30. The topological polar surface area (TPSA) is 15.3 Å². The Morgan fingerprint density at radius 1 is 1.33 bits per heavy atom. The quantitative estimate of drug-likeness (QED) is 0.904. The van der Waals surface area contributed by atoms with E-state index >= 15 is 0 Å². The molecule has 0 amide bonds. The molecule has 2 nitrogen and oxygen atoms in total. The Hall–Kier alpha value is -0.740. The summed E-state index contributed by atoms with van der Waals surface area (Å²) in [5.74, 6) is 2.17. The summed E-state index contributed by atoms with van der Waals surface area (Å²) in [6.07, 6.45) is 0. The zero-order valence-corrected chi connectivity index (χ0v) is 11.9. The highest BCUT2D eigenvalue weighted by molar-refractivity contribution is 7.99. The average molecular weight is 268 g/mol. The van der Waals surface area contributed by atoms with Gasteiger partial charge in [0.05, 0.1) is 0 Å². The molecule has 0 atom stereocenters. The number of hydrogen-bond acceptors (Lipinski definition) is 3. The first-order valence-corrected chi connectivity index (χ1v) is 7.67. The SMILES string of the molecule is CC(C)NCc1cc(F)ccc1N1CCSCC1. The molecule has 4 heteroatoms. The van der Waals surface area contributed by atoms with Crippen molar-refractivity contribution in [3.8, 4) is 0 Å². The number of halogens is 1. The molecule has 1 aliphatic rings. The second kappa shape index (κ2) is 6.43. The van der Waals surface area contributed by atoms with E-state index in [9.17, 15) is 4.39 Å². The van der Waals surface area contributed by atoms with Crippen molar-refractivity contribution in [2.45, 2.75) is 26.4 Å². The second-order valence-electron chi connectivity index (χ2n) is 4.91. The molecule has 1 aromatic rings. The summed E-state index contributed by atoms with van der Waals surface area (Å²) in [6, 6.07) is 5.56. The van der Waals surface area contributed by atoms with Gasteiger partial charge in [-0.1, -0.05) is 13.8 Å². The molecule has 1 aromatic carbocycles. The van der Waals surface area contributed by atoms with Crippen LogP contribution in [0.25, 0.3) is 0 Å². The number of rotatable bonds is 4. The van der Waals surface area contributed by atoms with Gasteiger partial charge in [0.1, 0.15) is 5.82 Å². The molecule has 1 aliphatic heterocycles. The second-order valence-corrected chi connectivity index (χ2v) is 6.13. The van der Waals surface area contributed by atoms with Gasteiger partial charge < -0.3 is 10.2 Å². The van der Waals surface area contributed by atoms with E-state index < -0.39 is 0 Å². The lowest BCUT2D eigenvalue weighted by Crippen LogP contribution is -2.34. The lowest BCUT2D eigenvalue weighted by atomic mass is 10.1. The Morgan fingerprint density at radius 3 is 2.72 bits per heavy atom. The third-order valence-electron chi connectivity index (χ3n) is 3.09. The Morgan fingerprint density at radius 2 is 2.06 bits per heavy atom. The highest BCUT2D eigenvalue weighted by Crippen LogP contribution is 2.24. The number of thioether (sulfide) groups is 1. The predicted octanol–water partition coefficient (Wildman–Crippen LogP) is 2.88.